The number of hydrogen-bond donors (Lipinski definition) is 0. The third-order valence-corrected chi connectivity index (χ3v) is 4.25. The Morgan fingerprint density at radius 1 is 1.19 bits per heavy atom. The van der Waals surface area contributed by atoms with E-state index >= 15 is 0 Å². The molecule has 1 atom stereocenters. The molecule has 0 heterocycles. The van der Waals surface area contributed by atoms with Gasteiger partial charge in [-0.1, -0.05) is 58.4 Å². The summed E-state index contributed by atoms with van der Waals surface area (Å²) in [5.74, 6) is -0.445. The van der Waals surface area contributed by atoms with Gasteiger partial charge >= 0.3 is 5.97 Å². The van der Waals surface area contributed by atoms with E-state index in [2.05, 4.69) is 15.9 Å². The minimum absolute atomic E-state index is 0.306. The Kier molecular flexibility index (Phi) is 5.07. The predicted octanol–water partition coefficient (Wildman–Crippen LogP) is 5.13. The molecular weight excluding hydrogens is 352 g/mol. The van der Waals surface area contributed by atoms with Crippen LogP contribution >= 0.6 is 27.5 Å². The van der Waals surface area contributed by atoms with Crippen LogP contribution in [0.4, 0.5) is 0 Å². The lowest BCUT2D eigenvalue weighted by Crippen LogP contribution is -2.29. The smallest absolute Gasteiger partial charge is 0.331 e. The second kappa shape index (κ2) is 6.63. The van der Waals surface area contributed by atoms with Crippen molar-refractivity contribution >= 4 is 33.5 Å². The molecule has 0 aliphatic heterocycles. The average Bonchev–Trinajstić information content (AvgIpc) is 2.48. The van der Waals surface area contributed by atoms with E-state index in [1.807, 2.05) is 48.5 Å². The van der Waals surface area contributed by atoms with Gasteiger partial charge < -0.3 is 4.74 Å². The standard InChI is InChI=1S/C17H16BrClO2/c1-3-21-16(20)17(2,19)14-10-9-13(11-15(14)18)12-7-5-4-6-8-12/h4-11H,3H2,1-2H3. The van der Waals surface area contributed by atoms with Crippen LogP contribution in [0.3, 0.4) is 0 Å². The molecule has 1 unspecified atom stereocenters. The summed E-state index contributed by atoms with van der Waals surface area (Å²) >= 11 is 9.90. The summed E-state index contributed by atoms with van der Waals surface area (Å²) in [6.07, 6.45) is 0. The van der Waals surface area contributed by atoms with Crippen LogP contribution in [-0.4, -0.2) is 12.6 Å². The summed E-state index contributed by atoms with van der Waals surface area (Å²) in [6.45, 7) is 3.72. The van der Waals surface area contributed by atoms with Crippen LogP contribution in [0.25, 0.3) is 11.1 Å². The molecule has 0 aliphatic carbocycles. The van der Waals surface area contributed by atoms with Crippen molar-refractivity contribution in [3.63, 3.8) is 0 Å². The fraction of sp³-hybridized carbons (Fsp3) is 0.235. The molecule has 2 rings (SSSR count). The fourth-order valence-corrected chi connectivity index (χ4v) is 3.19. The molecule has 0 saturated carbocycles. The Hall–Kier alpha value is -1.32. The third-order valence-electron chi connectivity index (χ3n) is 3.24. The topological polar surface area (TPSA) is 26.3 Å². The lowest BCUT2D eigenvalue weighted by Gasteiger charge is -2.22. The normalized spacial score (nSPS) is 13.5. The molecule has 2 aromatic carbocycles. The van der Waals surface area contributed by atoms with Crippen LogP contribution < -0.4 is 0 Å². The molecule has 0 aromatic heterocycles. The first kappa shape index (κ1) is 16.1. The van der Waals surface area contributed by atoms with E-state index in [0.29, 0.717) is 12.2 Å². The van der Waals surface area contributed by atoms with Gasteiger partial charge in [-0.2, -0.15) is 0 Å². The van der Waals surface area contributed by atoms with Crippen molar-refractivity contribution in [3.05, 3.63) is 58.6 Å². The molecule has 2 nitrogen and oxygen atoms in total. The average molecular weight is 368 g/mol. The zero-order chi connectivity index (χ0) is 15.5. The van der Waals surface area contributed by atoms with Gasteiger partial charge in [-0.3, -0.25) is 0 Å². The molecule has 0 spiro atoms. The van der Waals surface area contributed by atoms with E-state index in [1.165, 1.54) is 0 Å². The molecule has 0 bridgehead atoms. The second-order valence-corrected chi connectivity index (χ2v) is 6.39. The predicted molar refractivity (Wildman–Crippen MR) is 89.4 cm³/mol. The first-order valence-electron chi connectivity index (χ1n) is 6.68. The first-order chi connectivity index (χ1) is 9.96. The molecule has 0 saturated heterocycles. The van der Waals surface area contributed by atoms with E-state index in [1.54, 1.807) is 13.8 Å². The maximum Gasteiger partial charge on any atom is 0.331 e. The number of carbonyl (C=O) groups is 1. The van der Waals surface area contributed by atoms with Gasteiger partial charge in [-0.25, -0.2) is 4.79 Å². The molecule has 0 aliphatic rings. The molecule has 0 amide bonds. The number of esters is 1. The van der Waals surface area contributed by atoms with Gasteiger partial charge in [0.2, 0.25) is 0 Å². The lowest BCUT2D eigenvalue weighted by atomic mass is 9.97. The van der Waals surface area contributed by atoms with Crippen molar-refractivity contribution in [2.45, 2.75) is 18.7 Å². The van der Waals surface area contributed by atoms with Crippen molar-refractivity contribution in [2.24, 2.45) is 0 Å². The van der Waals surface area contributed by atoms with Crippen LogP contribution in [0.2, 0.25) is 0 Å². The third kappa shape index (κ3) is 3.47. The largest absolute Gasteiger partial charge is 0.464 e. The second-order valence-electron chi connectivity index (χ2n) is 4.78. The zero-order valence-electron chi connectivity index (χ0n) is 11.9. The Balaban J connectivity index is 2.38. The quantitative estimate of drug-likeness (QED) is 0.553. The van der Waals surface area contributed by atoms with Crippen molar-refractivity contribution in [3.8, 4) is 11.1 Å². The number of ether oxygens (including phenoxy) is 1. The molecule has 110 valence electrons. The summed E-state index contributed by atoms with van der Waals surface area (Å²) < 4.78 is 5.83. The Bertz CT molecular complexity index is 638. The molecule has 21 heavy (non-hydrogen) atoms. The van der Waals surface area contributed by atoms with Gasteiger partial charge in [0.15, 0.2) is 4.87 Å². The van der Waals surface area contributed by atoms with Gasteiger partial charge in [-0.15, -0.1) is 11.6 Å². The van der Waals surface area contributed by atoms with Crippen molar-refractivity contribution in [1.82, 2.24) is 0 Å². The van der Waals surface area contributed by atoms with Gasteiger partial charge in [0.1, 0.15) is 0 Å². The minimum Gasteiger partial charge on any atom is -0.464 e. The lowest BCUT2D eigenvalue weighted by molar-refractivity contribution is -0.146. The van der Waals surface area contributed by atoms with E-state index in [9.17, 15) is 4.79 Å². The number of alkyl halides is 1. The van der Waals surface area contributed by atoms with Crippen molar-refractivity contribution in [1.29, 1.82) is 0 Å². The molecule has 0 N–H and O–H groups in total. The van der Waals surface area contributed by atoms with Crippen LogP contribution in [-0.2, 0) is 14.4 Å². The summed E-state index contributed by atoms with van der Waals surface area (Å²) in [4.78, 5) is 10.8. The van der Waals surface area contributed by atoms with Crippen LogP contribution in [0, 0.1) is 0 Å². The van der Waals surface area contributed by atoms with E-state index in [0.717, 1.165) is 15.6 Å². The van der Waals surface area contributed by atoms with Gasteiger partial charge in [0.25, 0.3) is 0 Å². The number of halogens is 2. The molecule has 0 fully saturated rings. The highest BCUT2D eigenvalue weighted by atomic mass is 79.9. The van der Waals surface area contributed by atoms with Crippen LogP contribution in [0.5, 0.6) is 0 Å². The first-order valence-corrected chi connectivity index (χ1v) is 7.85. The molecule has 4 heteroatoms. The Labute approximate surface area is 138 Å². The van der Waals surface area contributed by atoms with Gasteiger partial charge in [0, 0.05) is 4.47 Å². The van der Waals surface area contributed by atoms with Crippen LogP contribution in [0.15, 0.2) is 53.0 Å². The fourth-order valence-electron chi connectivity index (χ4n) is 2.08. The summed E-state index contributed by atoms with van der Waals surface area (Å²) in [7, 11) is 0. The Morgan fingerprint density at radius 3 is 2.43 bits per heavy atom. The zero-order valence-corrected chi connectivity index (χ0v) is 14.2. The highest BCUT2D eigenvalue weighted by Crippen LogP contribution is 2.37. The van der Waals surface area contributed by atoms with Crippen LogP contribution in [0.1, 0.15) is 19.4 Å². The molecule has 0 radical (unpaired) electrons. The highest BCUT2D eigenvalue weighted by molar-refractivity contribution is 9.10. The monoisotopic (exact) mass is 366 g/mol. The van der Waals surface area contributed by atoms with E-state index in [-0.39, 0.29) is 0 Å². The van der Waals surface area contributed by atoms with E-state index < -0.39 is 10.8 Å². The number of hydrogen-bond acceptors (Lipinski definition) is 2. The maximum absolute atomic E-state index is 12.0. The van der Waals surface area contributed by atoms with Gasteiger partial charge in [-0.05, 0) is 36.6 Å². The van der Waals surface area contributed by atoms with Crippen molar-refractivity contribution < 1.29 is 9.53 Å². The SMILES string of the molecule is CCOC(=O)C(C)(Cl)c1ccc(-c2ccccc2)cc1Br. The van der Waals surface area contributed by atoms with E-state index in [4.69, 9.17) is 16.3 Å². The summed E-state index contributed by atoms with van der Waals surface area (Å²) in [5, 5.41) is 0. The molecule has 2 aromatic rings. The summed E-state index contributed by atoms with van der Waals surface area (Å²) in [6, 6.07) is 15.8. The Morgan fingerprint density at radius 2 is 1.86 bits per heavy atom. The highest BCUT2D eigenvalue weighted by Gasteiger charge is 2.36. The molecular formula is C17H16BrClO2. The van der Waals surface area contributed by atoms with Gasteiger partial charge in [0.05, 0.1) is 6.61 Å². The number of carbonyl (C=O) groups excluding carboxylic acids is 1. The summed E-state index contributed by atoms with van der Waals surface area (Å²) in [5.41, 5.74) is 2.86. The number of benzene rings is 2. The number of rotatable bonds is 4. The maximum atomic E-state index is 12.0. The minimum atomic E-state index is -1.20. The van der Waals surface area contributed by atoms with Crippen molar-refractivity contribution in [2.75, 3.05) is 6.61 Å².